The average molecular weight is 243 g/mol. The van der Waals surface area contributed by atoms with Gasteiger partial charge in [0, 0.05) is 17.4 Å². The lowest BCUT2D eigenvalue weighted by molar-refractivity contribution is -0.385. The summed E-state index contributed by atoms with van der Waals surface area (Å²) in [5.74, 6) is -1.28. The smallest absolute Gasteiger partial charge is 0.343 e. The van der Waals surface area contributed by atoms with Crippen LogP contribution in [0, 0.1) is 10.1 Å². The van der Waals surface area contributed by atoms with E-state index >= 15 is 0 Å². The molecule has 0 saturated carbocycles. The number of rotatable bonds is 5. The average Bonchev–Trinajstić information content (AvgIpc) is 2.25. The first kappa shape index (κ1) is 12.5. The van der Waals surface area contributed by atoms with Gasteiger partial charge in [0.1, 0.15) is 0 Å². The number of aliphatic hydroxyl groups excluding tert-OH is 1. The van der Waals surface area contributed by atoms with Crippen molar-refractivity contribution in [3.05, 3.63) is 39.9 Å². The van der Waals surface area contributed by atoms with Gasteiger partial charge in [-0.1, -0.05) is 18.2 Å². The normalized spacial score (nSPS) is 12.1. The zero-order valence-corrected chi connectivity index (χ0v) is 8.88. The van der Waals surface area contributed by atoms with Crippen molar-refractivity contribution in [3.63, 3.8) is 0 Å². The third kappa shape index (κ3) is 3.21. The van der Waals surface area contributed by atoms with Crippen molar-refractivity contribution in [2.24, 2.45) is 0 Å². The van der Waals surface area contributed by atoms with E-state index in [2.05, 4.69) is 0 Å². The summed E-state index contributed by atoms with van der Waals surface area (Å²) >= 11 is 0.721. The highest BCUT2D eigenvalue weighted by Crippen LogP contribution is 2.24. The second-order valence-electron chi connectivity index (χ2n) is 2.89. The number of benzene rings is 1. The van der Waals surface area contributed by atoms with E-state index in [9.17, 15) is 14.9 Å². The zero-order valence-electron chi connectivity index (χ0n) is 8.07. The molecule has 1 aromatic rings. The van der Waals surface area contributed by atoms with Gasteiger partial charge in [-0.3, -0.25) is 10.1 Å². The van der Waals surface area contributed by atoms with E-state index in [1.54, 1.807) is 6.07 Å². The van der Waals surface area contributed by atoms with E-state index in [-0.39, 0.29) is 11.4 Å². The van der Waals surface area contributed by atoms with E-state index in [0.717, 1.165) is 11.8 Å². The van der Waals surface area contributed by atoms with Crippen LogP contribution in [-0.4, -0.2) is 26.5 Å². The number of carbonyl (C=O) groups is 1. The number of thioether (sulfide) groups is 1. The molecule has 6 nitrogen and oxygen atoms in total. The highest BCUT2D eigenvalue weighted by molar-refractivity contribution is 7.99. The molecule has 0 bridgehead atoms. The van der Waals surface area contributed by atoms with Crippen LogP contribution in [0.5, 0.6) is 0 Å². The molecule has 7 heteroatoms. The van der Waals surface area contributed by atoms with Crippen molar-refractivity contribution in [3.8, 4) is 0 Å². The summed E-state index contributed by atoms with van der Waals surface area (Å²) in [5, 5.41) is 28.1. The lowest BCUT2D eigenvalue weighted by atomic mass is 10.2. The SMILES string of the molecule is O=C(O)C(O)SCc1ccccc1[N+](=O)[O-]. The van der Waals surface area contributed by atoms with Crippen LogP contribution < -0.4 is 0 Å². The highest BCUT2D eigenvalue weighted by Gasteiger charge is 2.17. The number of para-hydroxylation sites is 1. The van der Waals surface area contributed by atoms with Crippen molar-refractivity contribution < 1.29 is 19.9 Å². The van der Waals surface area contributed by atoms with E-state index in [1.165, 1.54) is 18.2 Å². The third-order valence-corrected chi connectivity index (χ3v) is 2.79. The van der Waals surface area contributed by atoms with Gasteiger partial charge >= 0.3 is 5.97 Å². The Morgan fingerprint density at radius 2 is 2.12 bits per heavy atom. The molecule has 0 fully saturated rings. The van der Waals surface area contributed by atoms with Crippen molar-refractivity contribution in [2.75, 3.05) is 0 Å². The Morgan fingerprint density at radius 1 is 1.50 bits per heavy atom. The Bertz CT molecular complexity index is 409. The first-order valence-corrected chi connectivity index (χ1v) is 5.32. The summed E-state index contributed by atoms with van der Waals surface area (Å²) < 4.78 is 0. The molecule has 16 heavy (non-hydrogen) atoms. The second kappa shape index (κ2) is 5.47. The first-order chi connectivity index (χ1) is 7.52. The van der Waals surface area contributed by atoms with Crippen LogP contribution in [0.3, 0.4) is 0 Å². The van der Waals surface area contributed by atoms with Crippen LogP contribution in [0.4, 0.5) is 5.69 Å². The lowest BCUT2D eigenvalue weighted by Crippen LogP contribution is -2.15. The van der Waals surface area contributed by atoms with Crippen LogP contribution in [0.1, 0.15) is 5.56 Å². The van der Waals surface area contributed by atoms with Crippen molar-refractivity contribution in [1.29, 1.82) is 0 Å². The molecular formula is C9H9NO5S. The van der Waals surface area contributed by atoms with Crippen LogP contribution >= 0.6 is 11.8 Å². The van der Waals surface area contributed by atoms with E-state index in [4.69, 9.17) is 10.2 Å². The molecule has 0 spiro atoms. The maximum atomic E-state index is 10.6. The molecule has 1 aromatic carbocycles. The Balaban J connectivity index is 2.74. The van der Waals surface area contributed by atoms with Gasteiger partial charge in [0.05, 0.1) is 4.92 Å². The number of nitro benzene ring substituents is 1. The van der Waals surface area contributed by atoms with Gasteiger partial charge in [0.25, 0.3) is 5.69 Å². The fraction of sp³-hybridized carbons (Fsp3) is 0.222. The maximum Gasteiger partial charge on any atom is 0.343 e. The Labute approximate surface area is 95.1 Å². The molecule has 1 unspecified atom stereocenters. The van der Waals surface area contributed by atoms with Crippen molar-refractivity contribution >= 4 is 23.4 Å². The minimum Gasteiger partial charge on any atom is -0.479 e. The van der Waals surface area contributed by atoms with Crippen LogP contribution in [0.15, 0.2) is 24.3 Å². The third-order valence-electron chi connectivity index (χ3n) is 1.80. The first-order valence-electron chi connectivity index (χ1n) is 4.27. The Morgan fingerprint density at radius 3 is 2.69 bits per heavy atom. The molecule has 1 rings (SSSR count). The number of hydrogen-bond acceptors (Lipinski definition) is 5. The predicted octanol–water partition coefficient (Wildman–Crippen LogP) is 1.23. The summed E-state index contributed by atoms with van der Waals surface area (Å²) in [6, 6.07) is 6.01. The van der Waals surface area contributed by atoms with Gasteiger partial charge < -0.3 is 10.2 Å². The molecular weight excluding hydrogens is 234 g/mol. The van der Waals surface area contributed by atoms with E-state index < -0.39 is 16.3 Å². The lowest BCUT2D eigenvalue weighted by Gasteiger charge is -2.05. The number of hydrogen-bond donors (Lipinski definition) is 2. The summed E-state index contributed by atoms with van der Waals surface area (Å²) in [5.41, 5.74) is -1.26. The molecule has 1 atom stereocenters. The van der Waals surface area contributed by atoms with Gasteiger partial charge in [-0.2, -0.15) is 0 Å². The quantitative estimate of drug-likeness (QED) is 0.458. The van der Waals surface area contributed by atoms with Gasteiger partial charge in [0.15, 0.2) is 5.44 Å². The zero-order chi connectivity index (χ0) is 12.1. The monoisotopic (exact) mass is 243 g/mol. The fourth-order valence-electron chi connectivity index (χ4n) is 1.05. The number of aliphatic carboxylic acids is 1. The number of carboxylic acid groups (broad SMARTS) is 1. The van der Waals surface area contributed by atoms with Crippen LogP contribution in [-0.2, 0) is 10.5 Å². The minimum atomic E-state index is -1.57. The van der Waals surface area contributed by atoms with E-state index in [1.807, 2.05) is 0 Å². The van der Waals surface area contributed by atoms with Crippen LogP contribution in [0.2, 0.25) is 0 Å². The van der Waals surface area contributed by atoms with Crippen LogP contribution in [0.25, 0.3) is 0 Å². The molecule has 2 N–H and O–H groups in total. The number of carboxylic acids is 1. The standard InChI is InChI=1S/C9H9NO5S/c11-8(12)9(13)16-5-6-3-1-2-4-7(6)10(14)15/h1-4,9,13H,5H2,(H,11,12). The number of nitrogens with zero attached hydrogens (tertiary/aromatic N) is 1. The molecule has 0 saturated heterocycles. The van der Waals surface area contributed by atoms with Gasteiger partial charge in [-0.15, -0.1) is 11.8 Å². The Hall–Kier alpha value is -1.60. The molecule has 0 radical (unpaired) electrons. The number of aliphatic hydroxyl groups is 1. The van der Waals surface area contributed by atoms with E-state index in [0.29, 0.717) is 5.56 Å². The van der Waals surface area contributed by atoms with Gasteiger partial charge in [-0.05, 0) is 0 Å². The largest absolute Gasteiger partial charge is 0.479 e. The second-order valence-corrected chi connectivity index (χ2v) is 3.96. The topological polar surface area (TPSA) is 101 Å². The molecule has 0 aromatic heterocycles. The highest BCUT2D eigenvalue weighted by atomic mass is 32.2. The minimum absolute atomic E-state index is 0.0740. The predicted molar refractivity (Wildman–Crippen MR) is 58.0 cm³/mol. The number of nitro groups is 1. The van der Waals surface area contributed by atoms with Crippen molar-refractivity contribution in [2.45, 2.75) is 11.2 Å². The fourth-order valence-corrected chi connectivity index (χ4v) is 1.78. The molecule has 0 aliphatic carbocycles. The molecule has 0 heterocycles. The summed E-state index contributed by atoms with van der Waals surface area (Å²) in [6.07, 6.45) is 0. The molecule has 0 aliphatic rings. The molecule has 0 aliphatic heterocycles. The molecule has 0 amide bonds. The van der Waals surface area contributed by atoms with Gasteiger partial charge in [-0.25, -0.2) is 4.79 Å². The summed E-state index contributed by atoms with van der Waals surface area (Å²) in [4.78, 5) is 20.4. The summed E-state index contributed by atoms with van der Waals surface area (Å²) in [6.45, 7) is 0. The molecule has 86 valence electrons. The Kier molecular flexibility index (Phi) is 4.27. The van der Waals surface area contributed by atoms with Gasteiger partial charge in [0.2, 0.25) is 0 Å². The van der Waals surface area contributed by atoms with Crippen molar-refractivity contribution in [1.82, 2.24) is 0 Å². The summed E-state index contributed by atoms with van der Waals surface area (Å²) in [7, 11) is 0. The maximum absolute atomic E-state index is 10.6.